The quantitative estimate of drug-likeness (QED) is 0.896. The first kappa shape index (κ1) is 13.6. The first-order valence-corrected chi connectivity index (χ1v) is 7.62. The van der Waals surface area contributed by atoms with Crippen LogP contribution in [0.5, 0.6) is 0 Å². The summed E-state index contributed by atoms with van der Waals surface area (Å²) in [6, 6.07) is 6.24. The largest absolute Gasteiger partial charge is 0.478 e. The first-order valence-electron chi connectivity index (χ1n) is 7.62. The normalized spacial score (nSPS) is 30.2. The van der Waals surface area contributed by atoms with Gasteiger partial charge in [0.05, 0.1) is 5.56 Å². The van der Waals surface area contributed by atoms with Crippen LogP contribution in [0.4, 0.5) is 0 Å². The summed E-state index contributed by atoms with van der Waals surface area (Å²) in [6.07, 6.45) is 3.91. The molecule has 2 atom stereocenters. The van der Waals surface area contributed by atoms with Gasteiger partial charge < -0.3 is 5.11 Å². The third kappa shape index (κ3) is 2.59. The predicted molar refractivity (Wildman–Crippen MR) is 78.6 cm³/mol. The highest BCUT2D eigenvalue weighted by Crippen LogP contribution is 2.35. The van der Waals surface area contributed by atoms with Crippen molar-refractivity contribution >= 4 is 5.97 Å². The molecule has 1 aliphatic carbocycles. The minimum Gasteiger partial charge on any atom is -0.478 e. The van der Waals surface area contributed by atoms with E-state index in [4.69, 9.17) is 5.11 Å². The van der Waals surface area contributed by atoms with Crippen molar-refractivity contribution in [1.82, 2.24) is 4.90 Å². The van der Waals surface area contributed by atoms with Gasteiger partial charge in [0.2, 0.25) is 0 Å². The van der Waals surface area contributed by atoms with Gasteiger partial charge in [-0.25, -0.2) is 4.79 Å². The Hall–Kier alpha value is -1.35. The molecule has 1 N–H and O–H groups in total. The maximum Gasteiger partial charge on any atom is 0.335 e. The fourth-order valence-corrected chi connectivity index (χ4v) is 4.01. The van der Waals surface area contributed by atoms with Crippen molar-refractivity contribution in [3.05, 3.63) is 34.9 Å². The molecule has 20 heavy (non-hydrogen) atoms. The van der Waals surface area contributed by atoms with Crippen molar-refractivity contribution in [2.24, 2.45) is 11.8 Å². The summed E-state index contributed by atoms with van der Waals surface area (Å²) < 4.78 is 0. The number of carbonyl (C=O) groups is 1. The Morgan fingerprint density at radius 2 is 1.75 bits per heavy atom. The molecule has 3 heteroatoms. The van der Waals surface area contributed by atoms with Crippen LogP contribution in [0.2, 0.25) is 0 Å². The summed E-state index contributed by atoms with van der Waals surface area (Å²) in [5.74, 6) is 0.787. The molecule has 0 amide bonds. The molecule has 3 rings (SSSR count). The number of rotatable bonds is 2. The zero-order chi connectivity index (χ0) is 14.3. The molecule has 1 aromatic carbocycles. The summed E-state index contributed by atoms with van der Waals surface area (Å²) in [5.41, 5.74) is 2.92. The molecule has 0 bridgehead atoms. The van der Waals surface area contributed by atoms with Crippen LogP contribution < -0.4 is 0 Å². The van der Waals surface area contributed by atoms with E-state index >= 15 is 0 Å². The minimum absolute atomic E-state index is 0.413. The maximum atomic E-state index is 11.1. The van der Waals surface area contributed by atoms with Gasteiger partial charge in [-0.3, -0.25) is 4.90 Å². The highest BCUT2D eigenvalue weighted by molar-refractivity contribution is 5.87. The van der Waals surface area contributed by atoms with Crippen molar-refractivity contribution < 1.29 is 9.90 Å². The Bertz CT molecular complexity index is 516. The van der Waals surface area contributed by atoms with Crippen LogP contribution in [-0.2, 0) is 13.1 Å². The summed E-state index contributed by atoms with van der Waals surface area (Å²) in [5, 5.41) is 9.09. The average Bonchev–Trinajstić information content (AvgIpc) is 2.80. The second-order valence-electron chi connectivity index (χ2n) is 6.76. The summed E-state index contributed by atoms with van der Waals surface area (Å²) in [4.78, 5) is 13.6. The van der Waals surface area contributed by atoms with E-state index in [2.05, 4.69) is 18.7 Å². The zero-order valence-corrected chi connectivity index (χ0v) is 12.3. The molecule has 1 fully saturated rings. The second kappa shape index (κ2) is 5.21. The van der Waals surface area contributed by atoms with Gasteiger partial charge in [0.25, 0.3) is 0 Å². The van der Waals surface area contributed by atoms with E-state index in [1.54, 1.807) is 6.07 Å². The lowest BCUT2D eigenvalue weighted by atomic mass is 9.80. The fraction of sp³-hybridized carbons (Fsp3) is 0.588. The summed E-state index contributed by atoms with van der Waals surface area (Å²) in [6.45, 7) is 6.61. The molecule has 2 unspecified atom stereocenters. The van der Waals surface area contributed by atoms with Crippen molar-refractivity contribution in [2.45, 2.75) is 52.2 Å². The summed E-state index contributed by atoms with van der Waals surface area (Å²) in [7, 11) is 0. The molecule has 1 heterocycles. The van der Waals surface area contributed by atoms with Crippen LogP contribution in [0.1, 0.15) is 54.6 Å². The molecule has 0 spiro atoms. The molecular weight excluding hydrogens is 250 g/mol. The first-order chi connectivity index (χ1) is 9.52. The van der Waals surface area contributed by atoms with Crippen molar-refractivity contribution in [1.29, 1.82) is 0 Å². The molecular formula is C17H23NO2. The van der Waals surface area contributed by atoms with E-state index in [0.717, 1.165) is 24.9 Å². The lowest BCUT2D eigenvalue weighted by Crippen LogP contribution is -2.37. The number of aromatic carboxylic acids is 1. The predicted octanol–water partition coefficient (Wildman–Crippen LogP) is 3.53. The molecule has 3 nitrogen and oxygen atoms in total. The maximum absolute atomic E-state index is 11.1. The minimum atomic E-state index is -0.828. The molecule has 0 aromatic heterocycles. The number of hydrogen-bond acceptors (Lipinski definition) is 2. The Morgan fingerprint density at radius 3 is 2.40 bits per heavy atom. The van der Waals surface area contributed by atoms with Crippen LogP contribution in [0, 0.1) is 11.8 Å². The topological polar surface area (TPSA) is 40.5 Å². The summed E-state index contributed by atoms with van der Waals surface area (Å²) >= 11 is 0. The van der Waals surface area contributed by atoms with Gasteiger partial charge in [0, 0.05) is 19.1 Å². The Labute approximate surface area is 120 Å². The zero-order valence-electron chi connectivity index (χ0n) is 12.3. The highest BCUT2D eigenvalue weighted by atomic mass is 16.4. The van der Waals surface area contributed by atoms with E-state index < -0.39 is 5.97 Å². The number of carboxylic acids is 1. The SMILES string of the molecule is CC1CC(C)CC(N2Cc3ccc(C(=O)O)cc3C2)C1. The van der Waals surface area contributed by atoms with Crippen LogP contribution in [-0.4, -0.2) is 22.0 Å². The van der Waals surface area contributed by atoms with E-state index in [1.807, 2.05) is 12.1 Å². The van der Waals surface area contributed by atoms with Gasteiger partial charge in [0.1, 0.15) is 0 Å². The Kier molecular flexibility index (Phi) is 3.55. The Balaban J connectivity index is 1.75. The third-order valence-electron chi connectivity index (χ3n) is 4.87. The number of fused-ring (bicyclic) bond motifs is 1. The van der Waals surface area contributed by atoms with Crippen LogP contribution in [0.15, 0.2) is 18.2 Å². The van der Waals surface area contributed by atoms with Crippen LogP contribution in [0.25, 0.3) is 0 Å². The fourth-order valence-electron chi connectivity index (χ4n) is 4.01. The van der Waals surface area contributed by atoms with Crippen molar-refractivity contribution in [2.75, 3.05) is 0 Å². The van der Waals surface area contributed by atoms with E-state index in [0.29, 0.717) is 11.6 Å². The smallest absolute Gasteiger partial charge is 0.335 e. The van der Waals surface area contributed by atoms with Gasteiger partial charge in [-0.2, -0.15) is 0 Å². The highest BCUT2D eigenvalue weighted by Gasteiger charge is 2.31. The van der Waals surface area contributed by atoms with Gasteiger partial charge >= 0.3 is 5.97 Å². The molecule has 2 aliphatic rings. The molecule has 1 aromatic rings. The average molecular weight is 273 g/mol. The molecule has 0 saturated heterocycles. The van der Waals surface area contributed by atoms with E-state index in [9.17, 15) is 4.79 Å². The van der Waals surface area contributed by atoms with Crippen molar-refractivity contribution in [3.63, 3.8) is 0 Å². The number of hydrogen-bond donors (Lipinski definition) is 1. The Morgan fingerprint density at radius 1 is 1.10 bits per heavy atom. The number of benzene rings is 1. The number of nitrogens with zero attached hydrogens (tertiary/aromatic N) is 1. The van der Waals surface area contributed by atoms with Crippen LogP contribution >= 0.6 is 0 Å². The van der Waals surface area contributed by atoms with Gasteiger partial charge in [0.15, 0.2) is 0 Å². The molecule has 1 saturated carbocycles. The van der Waals surface area contributed by atoms with Gasteiger partial charge in [-0.1, -0.05) is 19.9 Å². The van der Waals surface area contributed by atoms with Gasteiger partial charge in [-0.15, -0.1) is 0 Å². The van der Waals surface area contributed by atoms with Crippen molar-refractivity contribution in [3.8, 4) is 0 Å². The standard InChI is InChI=1S/C17H23NO2/c1-11-5-12(2)7-16(6-11)18-9-14-4-3-13(17(19)20)8-15(14)10-18/h3-4,8,11-12,16H,5-7,9-10H2,1-2H3,(H,19,20). The van der Waals surface area contributed by atoms with E-state index in [-0.39, 0.29) is 0 Å². The van der Waals surface area contributed by atoms with E-state index in [1.165, 1.54) is 30.4 Å². The number of carboxylic acid groups (broad SMARTS) is 1. The van der Waals surface area contributed by atoms with Gasteiger partial charge in [-0.05, 0) is 54.4 Å². The van der Waals surface area contributed by atoms with Crippen LogP contribution in [0.3, 0.4) is 0 Å². The lowest BCUT2D eigenvalue weighted by molar-refractivity contribution is 0.0696. The molecule has 0 radical (unpaired) electrons. The monoisotopic (exact) mass is 273 g/mol. The molecule has 1 aliphatic heterocycles. The lowest BCUT2D eigenvalue weighted by Gasteiger charge is -2.37. The second-order valence-corrected chi connectivity index (χ2v) is 6.76. The third-order valence-corrected chi connectivity index (χ3v) is 4.87. The molecule has 108 valence electrons.